The van der Waals surface area contributed by atoms with E-state index in [-0.39, 0.29) is 17.5 Å². The van der Waals surface area contributed by atoms with Crippen molar-refractivity contribution < 1.29 is 8.42 Å². The molecule has 1 N–H and O–H groups in total. The highest BCUT2D eigenvalue weighted by atomic mass is 32.2. The van der Waals surface area contributed by atoms with Gasteiger partial charge in [-0.05, 0) is 37.0 Å². The summed E-state index contributed by atoms with van der Waals surface area (Å²) in [6.07, 6.45) is 0.678. The molecule has 0 aromatic carbocycles. The van der Waals surface area contributed by atoms with E-state index in [0.717, 1.165) is 6.54 Å². The zero-order valence-electron chi connectivity index (χ0n) is 10.8. The van der Waals surface area contributed by atoms with E-state index in [1.807, 2.05) is 23.3 Å². The lowest BCUT2D eigenvalue weighted by atomic mass is 10.2. The molecule has 2 rings (SSSR count). The van der Waals surface area contributed by atoms with E-state index in [1.165, 1.54) is 4.88 Å². The first kappa shape index (κ1) is 14.7. The van der Waals surface area contributed by atoms with Crippen LogP contribution in [0.4, 0.5) is 0 Å². The molecule has 1 aliphatic rings. The number of hydrogen-bond donors (Lipinski definition) is 1. The van der Waals surface area contributed by atoms with Gasteiger partial charge < -0.3 is 10.2 Å². The van der Waals surface area contributed by atoms with Crippen LogP contribution >= 0.6 is 23.6 Å². The average molecular weight is 318 g/mol. The monoisotopic (exact) mass is 318 g/mol. The molecule has 7 heteroatoms. The largest absolute Gasteiger partial charge is 0.358 e. The maximum absolute atomic E-state index is 11.5. The maximum atomic E-state index is 11.5. The van der Waals surface area contributed by atoms with Crippen molar-refractivity contribution in [1.29, 1.82) is 0 Å². The molecule has 1 atom stereocenters. The fourth-order valence-electron chi connectivity index (χ4n) is 2.27. The molecule has 1 saturated heterocycles. The molecular formula is C12H18N2O2S3. The summed E-state index contributed by atoms with van der Waals surface area (Å²) in [6, 6.07) is 4.08. The van der Waals surface area contributed by atoms with Crippen LogP contribution in [0.5, 0.6) is 0 Å². The summed E-state index contributed by atoms with van der Waals surface area (Å²) in [5.41, 5.74) is 0. The SMILES string of the molecule is CCN(C(=S)NCc1cccs1)[C@@H]1CCS(=O)(=O)C1. The fraction of sp³-hybridized carbons (Fsp3) is 0.583. The summed E-state index contributed by atoms with van der Waals surface area (Å²) in [7, 11) is -2.87. The topological polar surface area (TPSA) is 49.4 Å². The van der Waals surface area contributed by atoms with Gasteiger partial charge in [0.15, 0.2) is 14.9 Å². The van der Waals surface area contributed by atoms with Crippen LogP contribution in [0.3, 0.4) is 0 Å². The Labute approximate surface area is 123 Å². The first-order valence-electron chi connectivity index (χ1n) is 6.29. The maximum Gasteiger partial charge on any atom is 0.169 e. The molecule has 4 nitrogen and oxygen atoms in total. The minimum Gasteiger partial charge on any atom is -0.358 e. The van der Waals surface area contributed by atoms with Crippen LogP contribution < -0.4 is 5.32 Å². The summed E-state index contributed by atoms with van der Waals surface area (Å²) in [4.78, 5) is 3.21. The second-order valence-corrected chi connectivity index (χ2v) is 8.23. The van der Waals surface area contributed by atoms with Crippen molar-refractivity contribution in [1.82, 2.24) is 10.2 Å². The van der Waals surface area contributed by atoms with Gasteiger partial charge in [0.25, 0.3) is 0 Å². The molecule has 0 unspecified atom stereocenters. The van der Waals surface area contributed by atoms with E-state index in [0.29, 0.717) is 18.1 Å². The van der Waals surface area contributed by atoms with Gasteiger partial charge >= 0.3 is 0 Å². The van der Waals surface area contributed by atoms with Crippen molar-refractivity contribution >= 4 is 38.5 Å². The molecule has 1 aromatic heterocycles. The Morgan fingerprint density at radius 3 is 2.95 bits per heavy atom. The van der Waals surface area contributed by atoms with Gasteiger partial charge in [-0.25, -0.2) is 8.42 Å². The van der Waals surface area contributed by atoms with Gasteiger partial charge in [0.05, 0.1) is 18.1 Å². The number of sulfone groups is 1. The van der Waals surface area contributed by atoms with Crippen molar-refractivity contribution in [3.63, 3.8) is 0 Å². The Balaban J connectivity index is 1.92. The quantitative estimate of drug-likeness (QED) is 0.855. The van der Waals surface area contributed by atoms with Gasteiger partial charge in [0, 0.05) is 17.5 Å². The first-order chi connectivity index (χ1) is 9.02. The number of thiocarbonyl (C=S) groups is 1. The fourth-order valence-corrected chi connectivity index (χ4v) is 4.99. The van der Waals surface area contributed by atoms with Crippen molar-refractivity contribution in [2.75, 3.05) is 18.1 Å². The van der Waals surface area contributed by atoms with Crippen LogP contribution in [0.15, 0.2) is 17.5 Å². The minimum atomic E-state index is -2.87. The third kappa shape index (κ3) is 3.90. The van der Waals surface area contributed by atoms with Crippen molar-refractivity contribution in [2.24, 2.45) is 0 Å². The predicted octanol–water partition coefficient (Wildman–Crippen LogP) is 1.63. The number of hydrogen-bond acceptors (Lipinski definition) is 4. The molecular weight excluding hydrogens is 300 g/mol. The molecule has 1 aromatic rings. The van der Waals surface area contributed by atoms with Crippen LogP contribution in [0.1, 0.15) is 18.2 Å². The second kappa shape index (κ2) is 6.19. The Kier molecular flexibility index (Phi) is 4.81. The van der Waals surface area contributed by atoms with E-state index in [9.17, 15) is 8.42 Å². The molecule has 106 valence electrons. The Bertz CT molecular complexity index is 525. The highest BCUT2D eigenvalue weighted by Crippen LogP contribution is 2.18. The lowest BCUT2D eigenvalue weighted by molar-refractivity contribution is 0.345. The van der Waals surface area contributed by atoms with Gasteiger partial charge in [0.1, 0.15) is 0 Å². The predicted molar refractivity (Wildman–Crippen MR) is 83.2 cm³/mol. The van der Waals surface area contributed by atoms with E-state index in [2.05, 4.69) is 11.4 Å². The van der Waals surface area contributed by atoms with Crippen molar-refractivity contribution in [3.05, 3.63) is 22.4 Å². The van der Waals surface area contributed by atoms with Gasteiger partial charge in [0.2, 0.25) is 0 Å². The molecule has 19 heavy (non-hydrogen) atoms. The summed E-state index contributed by atoms with van der Waals surface area (Å²) in [5, 5.41) is 5.89. The zero-order chi connectivity index (χ0) is 13.9. The summed E-state index contributed by atoms with van der Waals surface area (Å²) < 4.78 is 23.1. The first-order valence-corrected chi connectivity index (χ1v) is 9.40. The van der Waals surface area contributed by atoms with Crippen LogP contribution in [-0.4, -0.2) is 42.5 Å². The Morgan fingerprint density at radius 2 is 2.42 bits per heavy atom. The Hall–Kier alpha value is -0.660. The molecule has 2 heterocycles. The summed E-state index contributed by atoms with van der Waals surface area (Å²) in [5.74, 6) is 0.503. The standard InChI is InChI=1S/C12H18N2O2S3/c1-2-14(10-5-7-19(15,16)9-10)12(17)13-8-11-4-3-6-18-11/h3-4,6,10H,2,5,7-9H2,1H3,(H,13,17)/t10-/m1/s1. The smallest absolute Gasteiger partial charge is 0.169 e. The molecule has 0 saturated carbocycles. The lowest BCUT2D eigenvalue weighted by Gasteiger charge is -2.29. The van der Waals surface area contributed by atoms with Crippen LogP contribution in [0, 0.1) is 0 Å². The Morgan fingerprint density at radius 1 is 1.63 bits per heavy atom. The third-order valence-electron chi connectivity index (χ3n) is 3.24. The van der Waals surface area contributed by atoms with Gasteiger partial charge in [-0.15, -0.1) is 11.3 Å². The summed E-state index contributed by atoms with van der Waals surface area (Å²) in [6.45, 7) is 3.44. The van der Waals surface area contributed by atoms with Gasteiger partial charge in [-0.2, -0.15) is 0 Å². The van der Waals surface area contributed by atoms with E-state index in [4.69, 9.17) is 12.2 Å². The van der Waals surface area contributed by atoms with Gasteiger partial charge in [-0.3, -0.25) is 0 Å². The van der Waals surface area contributed by atoms with Crippen molar-refractivity contribution in [3.8, 4) is 0 Å². The number of nitrogens with one attached hydrogen (secondary N) is 1. The van der Waals surface area contributed by atoms with E-state index in [1.54, 1.807) is 11.3 Å². The highest BCUT2D eigenvalue weighted by Gasteiger charge is 2.32. The molecule has 0 aliphatic carbocycles. The van der Waals surface area contributed by atoms with Crippen LogP contribution in [-0.2, 0) is 16.4 Å². The number of thiophene rings is 1. The molecule has 0 radical (unpaired) electrons. The van der Waals surface area contributed by atoms with Gasteiger partial charge in [-0.1, -0.05) is 6.07 Å². The molecule has 0 bridgehead atoms. The van der Waals surface area contributed by atoms with E-state index >= 15 is 0 Å². The minimum absolute atomic E-state index is 0.0262. The highest BCUT2D eigenvalue weighted by molar-refractivity contribution is 7.91. The molecule has 0 amide bonds. The zero-order valence-corrected chi connectivity index (χ0v) is 13.3. The molecule has 1 aliphatic heterocycles. The lowest BCUT2D eigenvalue weighted by Crippen LogP contribution is -2.46. The van der Waals surface area contributed by atoms with Crippen LogP contribution in [0.25, 0.3) is 0 Å². The summed E-state index contributed by atoms with van der Waals surface area (Å²) >= 11 is 7.06. The normalized spacial score (nSPS) is 21.2. The van der Waals surface area contributed by atoms with Crippen LogP contribution in [0.2, 0.25) is 0 Å². The number of rotatable bonds is 4. The average Bonchev–Trinajstić information content (AvgIpc) is 2.97. The number of nitrogens with zero attached hydrogens (tertiary/aromatic N) is 1. The van der Waals surface area contributed by atoms with Crippen molar-refractivity contribution in [2.45, 2.75) is 25.9 Å². The second-order valence-electron chi connectivity index (χ2n) is 4.58. The molecule has 1 fully saturated rings. The van der Waals surface area contributed by atoms with E-state index < -0.39 is 9.84 Å². The molecule has 0 spiro atoms. The third-order valence-corrected chi connectivity index (χ3v) is 6.25.